The first-order valence-corrected chi connectivity index (χ1v) is 11.0. The molecule has 3 aliphatic rings. The van der Waals surface area contributed by atoms with Gasteiger partial charge in [0.15, 0.2) is 22.4 Å². The number of ketones is 1. The van der Waals surface area contributed by atoms with Crippen LogP contribution in [0.25, 0.3) is 0 Å². The van der Waals surface area contributed by atoms with Crippen LogP contribution in [0.4, 0.5) is 5.82 Å². The second-order valence-electron chi connectivity index (χ2n) is 8.57. The Labute approximate surface area is 178 Å². The predicted octanol–water partition coefficient (Wildman–Crippen LogP) is 3.81. The predicted molar refractivity (Wildman–Crippen MR) is 114 cm³/mol. The fraction of sp³-hybridized carbons (Fsp3) is 0.409. The number of hydrogen-bond donors (Lipinski definition) is 2. The van der Waals surface area contributed by atoms with Crippen molar-refractivity contribution in [1.82, 2.24) is 9.97 Å². The number of anilines is 1. The average molecular weight is 426 g/mol. The topological polar surface area (TPSA) is 93.3 Å². The molecule has 1 aromatic carbocycles. The van der Waals surface area contributed by atoms with Crippen LogP contribution in [0, 0.1) is 5.41 Å². The zero-order valence-corrected chi connectivity index (χ0v) is 17.9. The lowest BCUT2D eigenvalue weighted by Crippen LogP contribution is -2.37. The molecule has 8 heteroatoms. The lowest BCUT2D eigenvalue weighted by molar-refractivity contribution is -0.118. The van der Waals surface area contributed by atoms with Crippen molar-refractivity contribution >= 4 is 23.4 Å². The molecule has 30 heavy (non-hydrogen) atoms. The number of fused-ring (bicyclic) bond motifs is 2. The average Bonchev–Trinajstić information content (AvgIpc) is 3.13. The molecule has 2 aromatic rings. The van der Waals surface area contributed by atoms with Gasteiger partial charge in [-0.1, -0.05) is 38.6 Å². The molecule has 1 aliphatic carbocycles. The number of rotatable bonds is 3. The van der Waals surface area contributed by atoms with E-state index in [9.17, 15) is 9.59 Å². The molecule has 156 valence electrons. The van der Waals surface area contributed by atoms with E-state index in [1.165, 1.54) is 11.8 Å². The minimum atomic E-state index is -0.494. The summed E-state index contributed by atoms with van der Waals surface area (Å²) in [7, 11) is 0. The van der Waals surface area contributed by atoms with Crippen LogP contribution in [0.15, 0.2) is 39.4 Å². The third-order valence-corrected chi connectivity index (χ3v) is 6.47. The van der Waals surface area contributed by atoms with E-state index in [0.717, 1.165) is 23.4 Å². The minimum Gasteiger partial charge on any atom is -0.454 e. The van der Waals surface area contributed by atoms with E-state index < -0.39 is 5.92 Å². The highest BCUT2D eigenvalue weighted by Gasteiger charge is 2.42. The van der Waals surface area contributed by atoms with Gasteiger partial charge in [-0.3, -0.25) is 9.59 Å². The van der Waals surface area contributed by atoms with E-state index in [1.807, 2.05) is 25.1 Å². The molecule has 5 rings (SSSR count). The number of nitrogens with zero attached hydrogens (tertiary/aromatic N) is 1. The molecule has 7 nitrogen and oxygen atoms in total. The lowest BCUT2D eigenvalue weighted by Gasteiger charge is -2.38. The molecule has 0 unspecified atom stereocenters. The maximum atomic E-state index is 13.3. The third kappa shape index (κ3) is 3.10. The normalized spacial score (nSPS) is 21.2. The Bertz CT molecular complexity index is 1150. The van der Waals surface area contributed by atoms with Crippen LogP contribution in [0.2, 0.25) is 0 Å². The number of nitrogens with one attached hydrogen (secondary N) is 2. The van der Waals surface area contributed by atoms with Crippen molar-refractivity contribution in [2.45, 2.75) is 44.7 Å². The van der Waals surface area contributed by atoms with Gasteiger partial charge in [-0.05, 0) is 35.3 Å². The zero-order valence-electron chi connectivity index (χ0n) is 17.1. The highest BCUT2D eigenvalue weighted by molar-refractivity contribution is 7.99. The van der Waals surface area contributed by atoms with Crippen LogP contribution in [0.5, 0.6) is 11.5 Å². The summed E-state index contributed by atoms with van der Waals surface area (Å²) in [5.41, 5.74) is 2.44. The van der Waals surface area contributed by atoms with E-state index in [-0.39, 0.29) is 23.6 Å². The van der Waals surface area contributed by atoms with Gasteiger partial charge in [-0.15, -0.1) is 0 Å². The van der Waals surface area contributed by atoms with Gasteiger partial charge in [0.25, 0.3) is 5.56 Å². The third-order valence-electron chi connectivity index (χ3n) is 5.71. The lowest BCUT2D eigenvalue weighted by atomic mass is 9.69. The van der Waals surface area contributed by atoms with Crippen LogP contribution < -0.4 is 20.3 Å². The Hall–Kier alpha value is -2.74. The van der Waals surface area contributed by atoms with Crippen molar-refractivity contribution in [3.63, 3.8) is 0 Å². The van der Waals surface area contributed by atoms with Crippen molar-refractivity contribution in [2.75, 3.05) is 17.9 Å². The number of ether oxygens (including phenoxy) is 2. The number of aromatic amines is 1. The number of aromatic nitrogens is 2. The SMILES string of the molecule is CCSc1nc2c(c(=O)[nH]1)[C@@H](c1ccc3c(c1)OCO3)C1=C(CC(C)(C)CC1=O)N2. The summed E-state index contributed by atoms with van der Waals surface area (Å²) >= 11 is 1.48. The molecular formula is C22H23N3O4S. The molecular weight excluding hydrogens is 402 g/mol. The maximum Gasteiger partial charge on any atom is 0.257 e. The molecule has 3 heterocycles. The van der Waals surface area contributed by atoms with Gasteiger partial charge in [0, 0.05) is 23.6 Å². The van der Waals surface area contributed by atoms with E-state index in [1.54, 1.807) is 0 Å². The monoisotopic (exact) mass is 425 g/mol. The Morgan fingerprint density at radius 2 is 2.00 bits per heavy atom. The molecule has 0 radical (unpaired) electrons. The Morgan fingerprint density at radius 3 is 2.80 bits per heavy atom. The molecule has 2 aliphatic heterocycles. The second kappa shape index (κ2) is 6.91. The molecule has 0 bridgehead atoms. The fourth-order valence-corrected chi connectivity index (χ4v) is 5.12. The summed E-state index contributed by atoms with van der Waals surface area (Å²) in [5, 5.41) is 3.91. The van der Waals surface area contributed by atoms with Crippen LogP contribution in [-0.2, 0) is 4.79 Å². The first-order valence-electron chi connectivity index (χ1n) is 10.1. The van der Waals surface area contributed by atoms with Crippen molar-refractivity contribution in [1.29, 1.82) is 0 Å². The van der Waals surface area contributed by atoms with Gasteiger partial charge < -0.3 is 19.8 Å². The largest absolute Gasteiger partial charge is 0.454 e. The fourth-order valence-electron chi connectivity index (χ4n) is 4.52. The highest BCUT2D eigenvalue weighted by atomic mass is 32.2. The van der Waals surface area contributed by atoms with Gasteiger partial charge in [-0.25, -0.2) is 4.98 Å². The minimum absolute atomic E-state index is 0.0634. The Balaban J connectivity index is 1.73. The number of hydrogen-bond acceptors (Lipinski definition) is 7. The first kappa shape index (κ1) is 19.2. The summed E-state index contributed by atoms with van der Waals surface area (Å²) in [5.74, 6) is 2.19. The van der Waals surface area contributed by atoms with Crippen molar-refractivity contribution in [2.24, 2.45) is 5.41 Å². The highest BCUT2D eigenvalue weighted by Crippen LogP contribution is 2.48. The van der Waals surface area contributed by atoms with Gasteiger partial charge in [-0.2, -0.15) is 0 Å². The Morgan fingerprint density at radius 1 is 1.20 bits per heavy atom. The van der Waals surface area contributed by atoms with Crippen LogP contribution in [-0.4, -0.2) is 28.3 Å². The Kier molecular flexibility index (Phi) is 4.43. The summed E-state index contributed by atoms with van der Waals surface area (Å²) in [4.78, 5) is 34.0. The van der Waals surface area contributed by atoms with Gasteiger partial charge in [0.05, 0.1) is 5.56 Å². The quantitative estimate of drug-likeness (QED) is 0.570. The summed E-state index contributed by atoms with van der Waals surface area (Å²) in [6, 6.07) is 5.60. The molecule has 0 spiro atoms. The first-order chi connectivity index (χ1) is 14.4. The van der Waals surface area contributed by atoms with E-state index in [0.29, 0.717) is 40.0 Å². The van der Waals surface area contributed by atoms with E-state index in [4.69, 9.17) is 9.47 Å². The summed E-state index contributed by atoms with van der Waals surface area (Å²) < 4.78 is 11.0. The molecule has 1 atom stereocenters. The zero-order chi connectivity index (χ0) is 21.0. The number of carbonyl (C=O) groups excluding carboxylic acids is 1. The number of benzene rings is 1. The standard InChI is InChI=1S/C22H23N3O4S/c1-4-30-21-24-19-18(20(27)25-21)16(11-5-6-14-15(7-11)29-10-28-14)17-12(23-19)8-22(2,3)9-13(17)26/h5-7,16H,4,8-10H2,1-3H3,(H2,23,24,25,27)/t16-/m0/s1. The van der Waals surface area contributed by atoms with Crippen LogP contribution in [0.1, 0.15) is 50.7 Å². The number of allylic oxidation sites excluding steroid dienone is 2. The molecule has 0 fully saturated rings. The van der Waals surface area contributed by atoms with E-state index >= 15 is 0 Å². The maximum absolute atomic E-state index is 13.3. The number of Topliss-reactive ketones (excluding diaryl/α,β-unsaturated/α-hetero) is 1. The van der Waals surface area contributed by atoms with Crippen molar-refractivity contribution < 1.29 is 14.3 Å². The summed E-state index contributed by atoms with van der Waals surface area (Å²) in [6.07, 6.45) is 1.16. The van der Waals surface area contributed by atoms with Crippen LogP contribution in [0.3, 0.4) is 0 Å². The van der Waals surface area contributed by atoms with Crippen LogP contribution >= 0.6 is 11.8 Å². The number of thioether (sulfide) groups is 1. The molecule has 0 amide bonds. The van der Waals surface area contributed by atoms with Crippen molar-refractivity contribution in [3.05, 3.63) is 50.9 Å². The van der Waals surface area contributed by atoms with Crippen molar-refractivity contribution in [3.8, 4) is 11.5 Å². The molecule has 0 saturated carbocycles. The second-order valence-corrected chi connectivity index (χ2v) is 9.82. The smallest absolute Gasteiger partial charge is 0.257 e. The van der Waals surface area contributed by atoms with E-state index in [2.05, 4.69) is 29.1 Å². The molecule has 1 aromatic heterocycles. The van der Waals surface area contributed by atoms with Gasteiger partial charge >= 0.3 is 0 Å². The number of H-pyrrole nitrogens is 1. The van der Waals surface area contributed by atoms with Gasteiger partial charge in [0.1, 0.15) is 5.82 Å². The summed E-state index contributed by atoms with van der Waals surface area (Å²) in [6.45, 7) is 6.36. The number of carbonyl (C=O) groups is 1. The molecule has 0 saturated heterocycles. The van der Waals surface area contributed by atoms with Gasteiger partial charge in [0.2, 0.25) is 6.79 Å². The molecule has 2 N–H and O–H groups in total.